The molecule has 0 saturated heterocycles. The fourth-order valence-electron chi connectivity index (χ4n) is 0.786. The minimum absolute atomic E-state index is 0.0152. The number of phenols is 1. The van der Waals surface area contributed by atoms with Crippen molar-refractivity contribution in [3.63, 3.8) is 0 Å². The van der Waals surface area contributed by atoms with Crippen molar-refractivity contribution in [3.05, 3.63) is 29.1 Å². The van der Waals surface area contributed by atoms with Crippen LogP contribution in [0.5, 0.6) is 11.5 Å². The summed E-state index contributed by atoms with van der Waals surface area (Å²) < 4.78 is 5.04. The van der Waals surface area contributed by atoms with E-state index in [1.165, 1.54) is 12.1 Å². The summed E-state index contributed by atoms with van der Waals surface area (Å²) in [7, 11) is 0. The lowest BCUT2D eigenvalue weighted by Crippen LogP contribution is -1.93. The van der Waals surface area contributed by atoms with Crippen molar-refractivity contribution >= 4 is 23.2 Å². The van der Waals surface area contributed by atoms with Crippen LogP contribution in [0.3, 0.4) is 0 Å². The quantitative estimate of drug-likeness (QED) is 0.805. The monoisotopic (exact) mass is 205 g/mol. The summed E-state index contributed by atoms with van der Waals surface area (Å²) in [6.45, 7) is 3.72. The molecule has 0 atom stereocenters. The Labute approximate surface area is 80.7 Å². The molecule has 0 saturated carbocycles. The summed E-state index contributed by atoms with van der Waals surface area (Å²) in [5, 5.41) is 9.61. The molecule has 1 aromatic carbocycles. The minimum Gasteiger partial charge on any atom is -0.508 e. The molecule has 65 valence electrons. The molecule has 0 spiro atoms. The molecule has 0 aliphatic rings. The molecule has 0 aliphatic carbocycles. The van der Waals surface area contributed by atoms with Crippen LogP contribution >= 0.6 is 23.2 Å². The predicted molar refractivity (Wildman–Crippen MR) is 49.0 cm³/mol. The lowest BCUT2D eigenvalue weighted by atomic mass is 10.3. The average Bonchev–Trinajstić information content (AvgIpc) is 1.96. The molecule has 0 aromatic heterocycles. The third-order valence-electron chi connectivity index (χ3n) is 1.23. The minimum atomic E-state index is 0.0152. The van der Waals surface area contributed by atoms with E-state index in [0.717, 1.165) is 0 Å². The van der Waals surface area contributed by atoms with Gasteiger partial charge in [-0.05, 0) is 6.92 Å². The van der Waals surface area contributed by atoms with Crippen LogP contribution in [-0.4, -0.2) is 11.7 Å². The number of phenolic OH excluding ortho intramolecular Hbond substituents is 1. The van der Waals surface area contributed by atoms with Crippen molar-refractivity contribution in [3.8, 4) is 11.5 Å². The lowest BCUT2D eigenvalue weighted by Gasteiger charge is -2.07. The molecule has 4 heteroatoms. The summed E-state index contributed by atoms with van der Waals surface area (Å²) in [5.74, 6) is 0.368. The van der Waals surface area contributed by atoms with Crippen molar-refractivity contribution < 1.29 is 9.84 Å². The average molecular weight is 206 g/mol. The Morgan fingerprint density at radius 3 is 2.25 bits per heavy atom. The highest BCUT2D eigenvalue weighted by Gasteiger charge is 2.07. The molecule has 0 fully saturated rings. The number of aromatic hydroxyl groups is 1. The van der Waals surface area contributed by atoms with Gasteiger partial charge in [-0.2, -0.15) is 0 Å². The first-order valence-corrected chi connectivity index (χ1v) is 4.01. The Hall–Kier alpha value is -0.600. The first-order valence-electron chi connectivity index (χ1n) is 3.25. The Morgan fingerprint density at radius 2 is 1.83 bits per heavy atom. The molecule has 1 radical (unpaired) electrons. The number of ether oxygens (including phenoxy) is 1. The van der Waals surface area contributed by atoms with Gasteiger partial charge in [0, 0.05) is 12.1 Å². The van der Waals surface area contributed by atoms with E-state index in [1.807, 2.05) is 0 Å². The van der Waals surface area contributed by atoms with Crippen molar-refractivity contribution in [1.29, 1.82) is 0 Å². The maximum atomic E-state index is 9.05. The van der Waals surface area contributed by atoms with Gasteiger partial charge in [-0.25, -0.2) is 0 Å². The molecule has 0 bridgehead atoms. The standard InChI is InChI=1S/C8H7Cl2O2/c1-2-12-8-6(9)3-5(11)4-7(8)10/h3-4,11H,1-2H2. The Balaban J connectivity index is 3.10. The zero-order valence-corrected chi connectivity index (χ0v) is 7.69. The van der Waals surface area contributed by atoms with Crippen LogP contribution in [0, 0.1) is 6.92 Å². The number of rotatable bonds is 2. The zero-order valence-electron chi connectivity index (χ0n) is 6.18. The fraction of sp³-hybridized carbons (Fsp3) is 0.125. The van der Waals surface area contributed by atoms with Crippen molar-refractivity contribution in [2.45, 2.75) is 0 Å². The van der Waals surface area contributed by atoms with Crippen LogP contribution in [0.25, 0.3) is 0 Å². The third kappa shape index (κ3) is 1.96. The molecular formula is C8H7Cl2O2. The summed E-state index contributed by atoms with van der Waals surface area (Å²) in [5.41, 5.74) is 0. The Bertz CT molecular complexity index is 263. The summed E-state index contributed by atoms with van der Waals surface area (Å²) >= 11 is 11.4. The van der Waals surface area contributed by atoms with Gasteiger partial charge in [0.1, 0.15) is 5.75 Å². The summed E-state index contributed by atoms with van der Waals surface area (Å²) in [6, 6.07) is 2.72. The molecule has 0 unspecified atom stereocenters. The van der Waals surface area contributed by atoms with E-state index in [-0.39, 0.29) is 22.4 Å². The molecule has 1 N–H and O–H groups in total. The van der Waals surface area contributed by atoms with Crippen LogP contribution in [0.2, 0.25) is 10.0 Å². The van der Waals surface area contributed by atoms with Gasteiger partial charge in [-0.1, -0.05) is 23.2 Å². The van der Waals surface area contributed by atoms with E-state index in [2.05, 4.69) is 6.92 Å². The van der Waals surface area contributed by atoms with Crippen molar-refractivity contribution in [2.24, 2.45) is 0 Å². The second kappa shape index (κ2) is 3.87. The zero-order chi connectivity index (χ0) is 9.14. The highest BCUT2D eigenvalue weighted by atomic mass is 35.5. The van der Waals surface area contributed by atoms with Gasteiger partial charge in [-0.15, -0.1) is 0 Å². The molecule has 2 nitrogen and oxygen atoms in total. The smallest absolute Gasteiger partial charge is 0.156 e. The number of hydrogen-bond acceptors (Lipinski definition) is 2. The largest absolute Gasteiger partial charge is 0.508 e. The normalized spacial score (nSPS) is 9.92. The first-order chi connectivity index (χ1) is 5.65. The topological polar surface area (TPSA) is 29.5 Å². The third-order valence-corrected chi connectivity index (χ3v) is 1.79. The second-order valence-electron chi connectivity index (χ2n) is 2.09. The molecule has 1 rings (SSSR count). The van der Waals surface area contributed by atoms with Crippen LogP contribution in [0.15, 0.2) is 12.1 Å². The van der Waals surface area contributed by atoms with E-state index in [9.17, 15) is 0 Å². The molecular weight excluding hydrogens is 199 g/mol. The van der Waals surface area contributed by atoms with Gasteiger partial charge in [0.05, 0.1) is 16.7 Å². The molecule has 12 heavy (non-hydrogen) atoms. The van der Waals surface area contributed by atoms with Crippen LogP contribution in [0.1, 0.15) is 0 Å². The molecule has 0 amide bonds. The highest BCUT2D eigenvalue weighted by molar-refractivity contribution is 6.37. The van der Waals surface area contributed by atoms with Gasteiger partial charge >= 0.3 is 0 Å². The second-order valence-corrected chi connectivity index (χ2v) is 2.90. The number of benzene rings is 1. The predicted octanol–water partition coefficient (Wildman–Crippen LogP) is 2.91. The van der Waals surface area contributed by atoms with E-state index in [4.69, 9.17) is 33.0 Å². The van der Waals surface area contributed by atoms with E-state index in [0.29, 0.717) is 5.75 Å². The van der Waals surface area contributed by atoms with Gasteiger partial charge in [0.2, 0.25) is 0 Å². The van der Waals surface area contributed by atoms with Crippen LogP contribution < -0.4 is 4.74 Å². The number of halogens is 2. The Kier molecular flexibility index (Phi) is 3.06. The van der Waals surface area contributed by atoms with Gasteiger partial charge in [0.15, 0.2) is 5.75 Å². The molecule has 0 aliphatic heterocycles. The van der Waals surface area contributed by atoms with Crippen LogP contribution in [-0.2, 0) is 0 Å². The first kappa shape index (κ1) is 9.49. The maximum Gasteiger partial charge on any atom is 0.156 e. The van der Waals surface area contributed by atoms with Crippen molar-refractivity contribution in [2.75, 3.05) is 6.61 Å². The summed E-state index contributed by atoms with van der Waals surface area (Å²) in [6.07, 6.45) is 0. The van der Waals surface area contributed by atoms with Crippen LogP contribution in [0.4, 0.5) is 0 Å². The SMILES string of the molecule is [CH2]COc1c(Cl)cc(O)cc1Cl. The Morgan fingerprint density at radius 1 is 1.33 bits per heavy atom. The maximum absolute atomic E-state index is 9.05. The molecule has 0 heterocycles. The van der Waals surface area contributed by atoms with Crippen molar-refractivity contribution in [1.82, 2.24) is 0 Å². The van der Waals surface area contributed by atoms with E-state index >= 15 is 0 Å². The van der Waals surface area contributed by atoms with Gasteiger partial charge in [-0.3, -0.25) is 0 Å². The van der Waals surface area contributed by atoms with E-state index in [1.54, 1.807) is 0 Å². The van der Waals surface area contributed by atoms with Gasteiger partial charge < -0.3 is 9.84 Å². The highest BCUT2D eigenvalue weighted by Crippen LogP contribution is 2.36. The fourth-order valence-corrected chi connectivity index (χ4v) is 1.37. The summed E-state index contributed by atoms with van der Waals surface area (Å²) in [4.78, 5) is 0. The van der Waals surface area contributed by atoms with Gasteiger partial charge in [0.25, 0.3) is 0 Å². The molecule has 1 aromatic rings. The van der Waals surface area contributed by atoms with E-state index < -0.39 is 0 Å². The number of hydrogen-bond donors (Lipinski definition) is 1. The lowest BCUT2D eigenvalue weighted by molar-refractivity contribution is 0.360.